The molecular formula is C17H18ClN5OS. The number of amides is 1. The molecule has 0 aliphatic carbocycles. The highest BCUT2D eigenvalue weighted by molar-refractivity contribution is 7.22. The van der Waals surface area contributed by atoms with Gasteiger partial charge in [0.2, 0.25) is 0 Å². The van der Waals surface area contributed by atoms with Crippen LogP contribution in [-0.4, -0.2) is 39.8 Å². The van der Waals surface area contributed by atoms with E-state index in [0.717, 1.165) is 46.3 Å². The quantitative estimate of drug-likeness (QED) is 0.764. The average molecular weight is 376 g/mol. The number of carbonyl (C=O) groups is 1. The highest BCUT2D eigenvalue weighted by Gasteiger charge is 2.24. The van der Waals surface area contributed by atoms with Crippen molar-refractivity contribution in [1.29, 1.82) is 0 Å². The first-order chi connectivity index (χ1) is 12.1. The first-order valence-corrected chi connectivity index (χ1v) is 9.39. The fourth-order valence-electron chi connectivity index (χ4n) is 3.09. The van der Waals surface area contributed by atoms with Gasteiger partial charge in [-0.25, -0.2) is 4.98 Å². The van der Waals surface area contributed by atoms with Crippen LogP contribution < -0.4 is 10.2 Å². The normalized spacial score (nSPS) is 15.7. The number of halogens is 1. The van der Waals surface area contributed by atoms with Crippen LogP contribution in [0.5, 0.6) is 0 Å². The molecule has 1 amide bonds. The van der Waals surface area contributed by atoms with Crippen molar-refractivity contribution in [3.05, 3.63) is 41.2 Å². The van der Waals surface area contributed by atoms with E-state index in [2.05, 4.69) is 15.3 Å². The number of aryl methyl sites for hydroxylation is 1. The van der Waals surface area contributed by atoms with Gasteiger partial charge in [0, 0.05) is 37.4 Å². The standard InChI is InChI=1S/C17H18ClN5OS/c1-22-14(4-7-19-22)16(24)20-12-5-8-23(9-6-12)17-21-13-3-2-11(18)10-15(13)25-17/h2-4,7,10,12H,5-6,8-9H2,1H3,(H,20,24). The van der Waals surface area contributed by atoms with E-state index >= 15 is 0 Å². The summed E-state index contributed by atoms with van der Waals surface area (Å²) >= 11 is 7.72. The molecule has 0 unspecified atom stereocenters. The number of nitrogens with zero attached hydrogens (tertiary/aromatic N) is 4. The number of carbonyl (C=O) groups excluding carboxylic acids is 1. The maximum absolute atomic E-state index is 12.3. The summed E-state index contributed by atoms with van der Waals surface area (Å²) in [6, 6.07) is 7.70. The molecule has 2 aromatic heterocycles. The Kier molecular flexibility index (Phi) is 4.35. The highest BCUT2D eigenvalue weighted by atomic mass is 35.5. The molecule has 130 valence electrons. The summed E-state index contributed by atoms with van der Waals surface area (Å²) in [5, 5.41) is 8.91. The van der Waals surface area contributed by atoms with Crippen LogP contribution in [0.2, 0.25) is 5.02 Å². The average Bonchev–Trinajstić information content (AvgIpc) is 3.21. The molecule has 4 rings (SSSR count). The fraction of sp³-hybridized carbons (Fsp3) is 0.353. The summed E-state index contributed by atoms with van der Waals surface area (Å²) in [6.45, 7) is 1.76. The smallest absolute Gasteiger partial charge is 0.269 e. The number of hydrogen-bond acceptors (Lipinski definition) is 5. The zero-order valence-corrected chi connectivity index (χ0v) is 15.3. The molecular weight excluding hydrogens is 358 g/mol. The Morgan fingerprint density at radius 1 is 1.32 bits per heavy atom. The van der Waals surface area contributed by atoms with Gasteiger partial charge in [0.1, 0.15) is 5.69 Å². The third-order valence-electron chi connectivity index (χ3n) is 4.49. The van der Waals surface area contributed by atoms with Crippen LogP contribution in [0.4, 0.5) is 5.13 Å². The topological polar surface area (TPSA) is 63.1 Å². The van der Waals surface area contributed by atoms with Crippen molar-refractivity contribution in [2.24, 2.45) is 7.05 Å². The van der Waals surface area contributed by atoms with Crippen LogP contribution >= 0.6 is 22.9 Å². The Hall–Kier alpha value is -2.12. The third-order valence-corrected chi connectivity index (χ3v) is 5.81. The number of benzene rings is 1. The van der Waals surface area contributed by atoms with E-state index in [1.165, 1.54) is 0 Å². The van der Waals surface area contributed by atoms with Crippen molar-refractivity contribution in [2.75, 3.05) is 18.0 Å². The molecule has 6 nitrogen and oxygen atoms in total. The largest absolute Gasteiger partial charge is 0.348 e. The predicted molar refractivity (Wildman–Crippen MR) is 101 cm³/mol. The number of hydrogen-bond donors (Lipinski definition) is 1. The van der Waals surface area contributed by atoms with Crippen LogP contribution in [0, 0.1) is 0 Å². The Balaban J connectivity index is 1.39. The molecule has 1 aliphatic heterocycles. The van der Waals surface area contributed by atoms with Gasteiger partial charge >= 0.3 is 0 Å². The molecule has 0 saturated carbocycles. The number of fused-ring (bicyclic) bond motifs is 1. The van der Waals surface area contributed by atoms with Gasteiger partial charge in [0.05, 0.1) is 10.2 Å². The Bertz CT molecular complexity index is 913. The van der Waals surface area contributed by atoms with Crippen molar-refractivity contribution >= 4 is 44.2 Å². The molecule has 1 N–H and O–H groups in total. The van der Waals surface area contributed by atoms with Gasteiger partial charge in [0.25, 0.3) is 5.91 Å². The molecule has 0 spiro atoms. The van der Waals surface area contributed by atoms with Gasteiger partial charge in [-0.05, 0) is 37.1 Å². The van der Waals surface area contributed by atoms with E-state index in [-0.39, 0.29) is 11.9 Å². The number of aromatic nitrogens is 3. The van der Waals surface area contributed by atoms with Crippen LogP contribution in [0.25, 0.3) is 10.2 Å². The summed E-state index contributed by atoms with van der Waals surface area (Å²) in [5.41, 5.74) is 1.57. The second-order valence-corrected chi connectivity index (χ2v) is 7.63. The van der Waals surface area contributed by atoms with Crippen molar-refractivity contribution in [1.82, 2.24) is 20.1 Å². The lowest BCUT2D eigenvalue weighted by atomic mass is 10.1. The van der Waals surface area contributed by atoms with Crippen LogP contribution in [0.15, 0.2) is 30.5 Å². The van der Waals surface area contributed by atoms with Crippen molar-refractivity contribution < 1.29 is 4.79 Å². The molecule has 0 radical (unpaired) electrons. The number of nitrogens with one attached hydrogen (secondary N) is 1. The van der Waals surface area contributed by atoms with Crippen molar-refractivity contribution in [3.63, 3.8) is 0 Å². The first-order valence-electron chi connectivity index (χ1n) is 8.20. The summed E-state index contributed by atoms with van der Waals surface area (Å²) in [7, 11) is 1.77. The molecule has 0 bridgehead atoms. The molecule has 8 heteroatoms. The minimum absolute atomic E-state index is 0.0620. The molecule has 25 heavy (non-hydrogen) atoms. The van der Waals surface area contributed by atoms with E-state index in [9.17, 15) is 4.79 Å². The van der Waals surface area contributed by atoms with Crippen LogP contribution in [0.1, 0.15) is 23.3 Å². The van der Waals surface area contributed by atoms with E-state index < -0.39 is 0 Å². The van der Waals surface area contributed by atoms with E-state index in [4.69, 9.17) is 16.6 Å². The minimum atomic E-state index is -0.0620. The van der Waals surface area contributed by atoms with Gasteiger partial charge in [-0.2, -0.15) is 5.10 Å². The number of piperidine rings is 1. The van der Waals surface area contributed by atoms with E-state index in [1.807, 2.05) is 18.2 Å². The number of rotatable bonds is 3. The number of anilines is 1. The van der Waals surface area contributed by atoms with Crippen molar-refractivity contribution in [2.45, 2.75) is 18.9 Å². The molecule has 3 aromatic rings. The predicted octanol–water partition coefficient (Wildman–Crippen LogP) is 3.08. The summed E-state index contributed by atoms with van der Waals surface area (Å²) in [5.74, 6) is -0.0620. The molecule has 0 atom stereocenters. The lowest BCUT2D eigenvalue weighted by Gasteiger charge is -2.32. The Morgan fingerprint density at radius 3 is 2.84 bits per heavy atom. The maximum atomic E-state index is 12.3. The second-order valence-electron chi connectivity index (χ2n) is 6.18. The highest BCUT2D eigenvalue weighted by Crippen LogP contribution is 2.32. The minimum Gasteiger partial charge on any atom is -0.348 e. The van der Waals surface area contributed by atoms with Crippen LogP contribution in [0.3, 0.4) is 0 Å². The van der Waals surface area contributed by atoms with Gasteiger partial charge in [-0.1, -0.05) is 22.9 Å². The first kappa shape index (κ1) is 16.4. The van der Waals surface area contributed by atoms with E-state index in [1.54, 1.807) is 35.3 Å². The Labute approximate surface area is 154 Å². The summed E-state index contributed by atoms with van der Waals surface area (Å²) in [6.07, 6.45) is 3.44. The maximum Gasteiger partial charge on any atom is 0.269 e. The summed E-state index contributed by atoms with van der Waals surface area (Å²) < 4.78 is 2.70. The molecule has 1 saturated heterocycles. The Morgan fingerprint density at radius 2 is 2.12 bits per heavy atom. The molecule has 1 aromatic carbocycles. The zero-order chi connectivity index (χ0) is 17.4. The molecule has 1 fully saturated rings. The van der Waals surface area contributed by atoms with Crippen LogP contribution in [-0.2, 0) is 7.05 Å². The van der Waals surface area contributed by atoms with Gasteiger partial charge in [-0.15, -0.1) is 0 Å². The fourth-order valence-corrected chi connectivity index (χ4v) is 4.39. The van der Waals surface area contributed by atoms with Gasteiger partial charge < -0.3 is 10.2 Å². The monoisotopic (exact) mass is 375 g/mol. The van der Waals surface area contributed by atoms with Crippen molar-refractivity contribution in [3.8, 4) is 0 Å². The summed E-state index contributed by atoms with van der Waals surface area (Å²) in [4.78, 5) is 19.3. The SMILES string of the molecule is Cn1nccc1C(=O)NC1CCN(c2nc3ccc(Cl)cc3s2)CC1. The van der Waals surface area contributed by atoms with E-state index in [0.29, 0.717) is 5.69 Å². The third kappa shape index (κ3) is 3.34. The van der Waals surface area contributed by atoms with Gasteiger partial charge in [-0.3, -0.25) is 9.48 Å². The lowest BCUT2D eigenvalue weighted by Crippen LogP contribution is -2.45. The lowest BCUT2D eigenvalue weighted by molar-refractivity contribution is 0.0921. The molecule has 1 aliphatic rings. The number of thiazole rings is 1. The molecule has 3 heterocycles. The van der Waals surface area contributed by atoms with Gasteiger partial charge in [0.15, 0.2) is 5.13 Å². The zero-order valence-electron chi connectivity index (χ0n) is 13.8. The second kappa shape index (κ2) is 6.65.